The van der Waals surface area contributed by atoms with Crippen LogP contribution in [0.3, 0.4) is 0 Å². The van der Waals surface area contributed by atoms with Crippen LogP contribution in [0.5, 0.6) is 0 Å². The summed E-state index contributed by atoms with van der Waals surface area (Å²) in [6, 6.07) is 5.02. The standard InChI is InChI=1S/C13H14FN3O2/c1-7(15)6-10-16-12(18)11(13(19)17-10)8-2-4-9(14)5-3-8/h2-5,7,11H,6,15H2,1H3,(H,16,17,18,19). The van der Waals surface area contributed by atoms with Gasteiger partial charge in [0.05, 0.1) is 0 Å². The molecule has 0 aliphatic carbocycles. The molecular weight excluding hydrogens is 249 g/mol. The molecule has 5 nitrogen and oxygen atoms in total. The first-order valence-corrected chi connectivity index (χ1v) is 5.90. The molecular formula is C13H14FN3O2. The Morgan fingerprint density at radius 2 is 2.00 bits per heavy atom. The first-order chi connectivity index (χ1) is 8.97. The van der Waals surface area contributed by atoms with Gasteiger partial charge in [-0.25, -0.2) is 4.39 Å². The molecule has 1 aliphatic rings. The van der Waals surface area contributed by atoms with Gasteiger partial charge in [-0.3, -0.25) is 9.59 Å². The molecule has 2 amide bonds. The number of benzene rings is 1. The molecule has 2 atom stereocenters. The average molecular weight is 263 g/mol. The fourth-order valence-corrected chi connectivity index (χ4v) is 1.90. The lowest BCUT2D eigenvalue weighted by Crippen LogP contribution is -2.44. The zero-order chi connectivity index (χ0) is 14.0. The molecule has 0 radical (unpaired) electrons. The van der Waals surface area contributed by atoms with Gasteiger partial charge in [0.2, 0.25) is 5.91 Å². The highest BCUT2D eigenvalue weighted by molar-refractivity contribution is 6.19. The summed E-state index contributed by atoms with van der Waals surface area (Å²) in [6.07, 6.45) is 0.327. The third kappa shape index (κ3) is 3.03. The summed E-state index contributed by atoms with van der Waals surface area (Å²) in [6.45, 7) is 1.76. The van der Waals surface area contributed by atoms with Crippen LogP contribution in [0.4, 0.5) is 4.39 Å². The minimum absolute atomic E-state index is 0.200. The van der Waals surface area contributed by atoms with Crippen LogP contribution in [-0.2, 0) is 9.59 Å². The molecule has 3 N–H and O–H groups in total. The lowest BCUT2D eigenvalue weighted by Gasteiger charge is -2.21. The van der Waals surface area contributed by atoms with E-state index in [9.17, 15) is 14.0 Å². The number of nitrogens with one attached hydrogen (secondary N) is 1. The summed E-state index contributed by atoms with van der Waals surface area (Å²) >= 11 is 0. The minimum atomic E-state index is -1.02. The number of rotatable bonds is 3. The van der Waals surface area contributed by atoms with Gasteiger partial charge in [-0.05, 0) is 24.6 Å². The number of carbonyl (C=O) groups excluding carboxylic acids is 2. The Kier molecular flexibility index (Phi) is 3.71. The number of amides is 2. The summed E-state index contributed by atoms with van der Waals surface area (Å²) in [5, 5.41) is 2.56. The van der Waals surface area contributed by atoms with Gasteiger partial charge in [0.15, 0.2) is 0 Å². The zero-order valence-corrected chi connectivity index (χ0v) is 10.4. The second-order valence-electron chi connectivity index (χ2n) is 4.55. The molecule has 6 heteroatoms. The predicted molar refractivity (Wildman–Crippen MR) is 68.0 cm³/mol. The second kappa shape index (κ2) is 5.27. The minimum Gasteiger partial charge on any atom is -0.328 e. The maximum atomic E-state index is 12.8. The van der Waals surface area contributed by atoms with Crippen LogP contribution in [-0.4, -0.2) is 23.7 Å². The molecule has 100 valence electrons. The van der Waals surface area contributed by atoms with E-state index in [-0.39, 0.29) is 11.9 Å². The molecule has 2 rings (SSSR count). The number of hydrogen-bond acceptors (Lipinski definition) is 3. The second-order valence-corrected chi connectivity index (χ2v) is 4.55. The highest BCUT2D eigenvalue weighted by atomic mass is 19.1. The third-order valence-corrected chi connectivity index (χ3v) is 2.74. The summed E-state index contributed by atoms with van der Waals surface area (Å²) in [5.74, 6) is -2.16. The van der Waals surface area contributed by atoms with Gasteiger partial charge in [-0.2, -0.15) is 4.99 Å². The fraction of sp³-hybridized carbons (Fsp3) is 0.308. The van der Waals surface area contributed by atoms with Crippen LogP contribution < -0.4 is 11.1 Å². The SMILES string of the molecule is CC(N)CC1=NC(=O)C(c2ccc(F)cc2)C(=O)N1. The van der Waals surface area contributed by atoms with Crippen LogP contribution in [0.15, 0.2) is 29.3 Å². The molecule has 1 aromatic rings. The van der Waals surface area contributed by atoms with Gasteiger partial charge in [0.1, 0.15) is 17.6 Å². The quantitative estimate of drug-likeness (QED) is 0.787. The topological polar surface area (TPSA) is 84.5 Å². The third-order valence-electron chi connectivity index (χ3n) is 2.74. The number of nitrogens with zero attached hydrogens (tertiary/aromatic N) is 1. The van der Waals surface area contributed by atoms with Crippen molar-refractivity contribution in [3.05, 3.63) is 35.6 Å². The molecule has 1 aliphatic heterocycles. The largest absolute Gasteiger partial charge is 0.328 e. The smallest absolute Gasteiger partial charge is 0.264 e. The molecule has 0 fully saturated rings. The maximum Gasteiger partial charge on any atom is 0.264 e. The van der Waals surface area contributed by atoms with Gasteiger partial charge in [-0.1, -0.05) is 12.1 Å². The van der Waals surface area contributed by atoms with E-state index in [2.05, 4.69) is 10.3 Å². The molecule has 0 saturated carbocycles. The van der Waals surface area contributed by atoms with Crippen molar-refractivity contribution < 1.29 is 14.0 Å². The monoisotopic (exact) mass is 263 g/mol. The lowest BCUT2D eigenvalue weighted by atomic mass is 9.96. The summed E-state index contributed by atoms with van der Waals surface area (Å²) in [7, 11) is 0. The number of carbonyl (C=O) groups is 2. The van der Waals surface area contributed by atoms with Crippen molar-refractivity contribution in [1.82, 2.24) is 5.32 Å². The van der Waals surface area contributed by atoms with E-state index >= 15 is 0 Å². The maximum absolute atomic E-state index is 12.8. The highest BCUT2D eigenvalue weighted by Crippen LogP contribution is 2.21. The average Bonchev–Trinajstić information content (AvgIpc) is 2.29. The number of nitrogens with two attached hydrogens (primary N) is 1. The van der Waals surface area contributed by atoms with Crippen molar-refractivity contribution in [1.29, 1.82) is 0 Å². The fourth-order valence-electron chi connectivity index (χ4n) is 1.90. The first-order valence-electron chi connectivity index (χ1n) is 5.90. The molecule has 2 unspecified atom stereocenters. The van der Waals surface area contributed by atoms with Crippen molar-refractivity contribution in [2.75, 3.05) is 0 Å². The van der Waals surface area contributed by atoms with E-state index in [1.54, 1.807) is 6.92 Å². The lowest BCUT2D eigenvalue weighted by molar-refractivity contribution is -0.129. The van der Waals surface area contributed by atoms with Gasteiger partial charge in [0, 0.05) is 12.5 Å². The van der Waals surface area contributed by atoms with Crippen molar-refractivity contribution in [3.63, 3.8) is 0 Å². The Balaban J connectivity index is 2.25. The van der Waals surface area contributed by atoms with Gasteiger partial charge in [-0.15, -0.1) is 0 Å². The Hall–Kier alpha value is -2.08. The van der Waals surface area contributed by atoms with E-state index in [1.807, 2.05) is 0 Å². The Morgan fingerprint density at radius 3 is 2.53 bits per heavy atom. The Bertz CT molecular complexity index is 537. The van der Waals surface area contributed by atoms with Crippen molar-refractivity contribution in [2.24, 2.45) is 10.7 Å². The van der Waals surface area contributed by atoms with E-state index in [4.69, 9.17) is 5.73 Å². The molecule has 0 saturated heterocycles. The van der Waals surface area contributed by atoms with Crippen LogP contribution in [0, 0.1) is 5.82 Å². The van der Waals surface area contributed by atoms with Gasteiger partial charge < -0.3 is 11.1 Å². The summed E-state index contributed by atoms with van der Waals surface area (Å²) in [5.41, 5.74) is 6.02. The van der Waals surface area contributed by atoms with E-state index in [0.717, 1.165) is 0 Å². The number of hydrogen-bond donors (Lipinski definition) is 2. The zero-order valence-electron chi connectivity index (χ0n) is 10.4. The Labute approximate surface area is 109 Å². The molecule has 0 aromatic heterocycles. The summed E-state index contributed by atoms with van der Waals surface area (Å²) in [4.78, 5) is 27.7. The number of halogens is 1. The van der Waals surface area contributed by atoms with Gasteiger partial charge >= 0.3 is 0 Å². The van der Waals surface area contributed by atoms with E-state index < -0.39 is 23.5 Å². The van der Waals surface area contributed by atoms with Crippen molar-refractivity contribution >= 4 is 17.6 Å². The van der Waals surface area contributed by atoms with Crippen molar-refractivity contribution in [2.45, 2.75) is 25.3 Å². The first kappa shape index (κ1) is 13.4. The van der Waals surface area contributed by atoms with Crippen LogP contribution >= 0.6 is 0 Å². The van der Waals surface area contributed by atoms with Gasteiger partial charge in [0.25, 0.3) is 5.91 Å². The molecule has 19 heavy (non-hydrogen) atoms. The predicted octanol–water partition coefficient (Wildman–Crippen LogP) is 0.701. The summed E-state index contributed by atoms with van der Waals surface area (Å²) < 4.78 is 12.8. The molecule has 0 spiro atoms. The molecule has 0 bridgehead atoms. The van der Waals surface area contributed by atoms with Crippen LogP contribution in [0.25, 0.3) is 0 Å². The molecule has 1 aromatic carbocycles. The normalized spacial score (nSPS) is 20.8. The van der Waals surface area contributed by atoms with E-state index in [0.29, 0.717) is 12.0 Å². The van der Waals surface area contributed by atoms with E-state index in [1.165, 1.54) is 24.3 Å². The molecule has 1 heterocycles. The highest BCUT2D eigenvalue weighted by Gasteiger charge is 2.33. The van der Waals surface area contributed by atoms with Crippen LogP contribution in [0.1, 0.15) is 24.8 Å². The number of aliphatic imine (C=N–C) groups is 1. The Morgan fingerprint density at radius 1 is 1.37 bits per heavy atom. The van der Waals surface area contributed by atoms with Crippen LogP contribution in [0.2, 0.25) is 0 Å². The number of amidine groups is 1. The van der Waals surface area contributed by atoms with Crippen molar-refractivity contribution in [3.8, 4) is 0 Å².